The molecule has 0 aromatic heterocycles. The fourth-order valence-electron chi connectivity index (χ4n) is 3.24. The molecule has 0 aromatic carbocycles. The van der Waals surface area contributed by atoms with Crippen molar-refractivity contribution in [2.75, 3.05) is 33.0 Å². The Hall–Kier alpha value is -0.120. The summed E-state index contributed by atoms with van der Waals surface area (Å²) in [6, 6.07) is 0. The lowest BCUT2D eigenvalue weighted by Gasteiger charge is -2.37. The standard InChI is InChI=1S/C19H38O3/c1-15(2)14-21-12-11-20-9-6-10-22-19-13-17(5)7-8-18(19)16(3)4/h15-19H,6-14H2,1-5H3. The van der Waals surface area contributed by atoms with Crippen LogP contribution in [0.25, 0.3) is 0 Å². The van der Waals surface area contributed by atoms with E-state index in [1.807, 2.05) is 0 Å². The summed E-state index contributed by atoms with van der Waals surface area (Å²) in [7, 11) is 0. The molecule has 3 unspecified atom stereocenters. The zero-order chi connectivity index (χ0) is 16.4. The third-order valence-corrected chi connectivity index (χ3v) is 4.55. The van der Waals surface area contributed by atoms with E-state index in [9.17, 15) is 0 Å². The van der Waals surface area contributed by atoms with Gasteiger partial charge in [0.1, 0.15) is 0 Å². The molecule has 0 heterocycles. The van der Waals surface area contributed by atoms with E-state index in [0.29, 0.717) is 25.2 Å². The molecule has 0 spiro atoms. The van der Waals surface area contributed by atoms with Crippen molar-refractivity contribution in [1.29, 1.82) is 0 Å². The predicted molar refractivity (Wildman–Crippen MR) is 92.2 cm³/mol. The molecule has 0 aliphatic heterocycles. The first kappa shape index (κ1) is 19.9. The first-order valence-corrected chi connectivity index (χ1v) is 9.27. The van der Waals surface area contributed by atoms with Gasteiger partial charge in [0, 0.05) is 19.8 Å². The number of rotatable bonds is 11. The smallest absolute Gasteiger partial charge is 0.0700 e. The number of hydrogen-bond donors (Lipinski definition) is 0. The van der Waals surface area contributed by atoms with Crippen molar-refractivity contribution >= 4 is 0 Å². The van der Waals surface area contributed by atoms with Gasteiger partial charge in [0.15, 0.2) is 0 Å². The average molecular weight is 315 g/mol. The van der Waals surface area contributed by atoms with Crippen molar-refractivity contribution in [3.8, 4) is 0 Å². The molecule has 0 bridgehead atoms. The lowest BCUT2D eigenvalue weighted by molar-refractivity contribution is -0.0462. The minimum atomic E-state index is 0.457. The Labute approximate surface area is 138 Å². The van der Waals surface area contributed by atoms with E-state index >= 15 is 0 Å². The van der Waals surface area contributed by atoms with Gasteiger partial charge in [0.25, 0.3) is 0 Å². The summed E-state index contributed by atoms with van der Waals surface area (Å²) in [6.07, 6.45) is 5.36. The van der Waals surface area contributed by atoms with Crippen LogP contribution in [0.1, 0.15) is 60.3 Å². The van der Waals surface area contributed by atoms with Gasteiger partial charge >= 0.3 is 0 Å². The topological polar surface area (TPSA) is 27.7 Å². The molecule has 0 N–H and O–H groups in total. The maximum absolute atomic E-state index is 6.18. The van der Waals surface area contributed by atoms with E-state index in [-0.39, 0.29) is 0 Å². The van der Waals surface area contributed by atoms with E-state index in [4.69, 9.17) is 14.2 Å². The Morgan fingerprint density at radius 3 is 2.32 bits per heavy atom. The van der Waals surface area contributed by atoms with Crippen molar-refractivity contribution in [3.63, 3.8) is 0 Å². The molecule has 3 nitrogen and oxygen atoms in total. The monoisotopic (exact) mass is 314 g/mol. The van der Waals surface area contributed by atoms with E-state index in [0.717, 1.165) is 44.0 Å². The molecule has 1 aliphatic carbocycles. The minimum absolute atomic E-state index is 0.457. The SMILES string of the molecule is CC(C)COCCOCCCOC1CC(C)CCC1C(C)C. The van der Waals surface area contributed by atoms with Crippen molar-refractivity contribution in [2.24, 2.45) is 23.7 Å². The van der Waals surface area contributed by atoms with Crippen LogP contribution >= 0.6 is 0 Å². The van der Waals surface area contributed by atoms with Gasteiger partial charge in [-0.05, 0) is 42.9 Å². The first-order valence-electron chi connectivity index (χ1n) is 9.27. The largest absolute Gasteiger partial charge is 0.379 e. The molecule has 3 heteroatoms. The maximum Gasteiger partial charge on any atom is 0.0700 e. The molecular formula is C19H38O3. The van der Waals surface area contributed by atoms with Crippen molar-refractivity contribution in [2.45, 2.75) is 66.4 Å². The predicted octanol–water partition coefficient (Wildman–Crippen LogP) is 4.54. The summed E-state index contributed by atoms with van der Waals surface area (Å²) >= 11 is 0. The van der Waals surface area contributed by atoms with Gasteiger partial charge in [-0.2, -0.15) is 0 Å². The Kier molecular flexibility index (Phi) is 10.3. The van der Waals surface area contributed by atoms with E-state index in [1.165, 1.54) is 19.3 Å². The highest BCUT2D eigenvalue weighted by atomic mass is 16.5. The molecule has 0 saturated heterocycles. The van der Waals surface area contributed by atoms with Gasteiger partial charge in [0.05, 0.1) is 19.3 Å². The summed E-state index contributed by atoms with van der Waals surface area (Å²) in [5.74, 6) is 2.88. The minimum Gasteiger partial charge on any atom is -0.379 e. The van der Waals surface area contributed by atoms with Crippen LogP contribution in [0, 0.1) is 23.7 Å². The van der Waals surface area contributed by atoms with Crippen molar-refractivity contribution in [1.82, 2.24) is 0 Å². The summed E-state index contributed by atoms with van der Waals surface area (Å²) in [6.45, 7) is 15.2. The highest BCUT2D eigenvalue weighted by Crippen LogP contribution is 2.35. The van der Waals surface area contributed by atoms with Crippen LogP contribution in [0.2, 0.25) is 0 Å². The van der Waals surface area contributed by atoms with E-state index in [2.05, 4.69) is 34.6 Å². The van der Waals surface area contributed by atoms with Crippen LogP contribution < -0.4 is 0 Å². The van der Waals surface area contributed by atoms with Crippen molar-refractivity contribution < 1.29 is 14.2 Å². The van der Waals surface area contributed by atoms with Crippen LogP contribution in [-0.2, 0) is 14.2 Å². The summed E-state index contributed by atoms with van der Waals surface area (Å²) in [5.41, 5.74) is 0. The first-order chi connectivity index (χ1) is 10.5. The zero-order valence-corrected chi connectivity index (χ0v) is 15.5. The number of hydrogen-bond acceptors (Lipinski definition) is 3. The van der Waals surface area contributed by atoms with E-state index < -0.39 is 0 Å². The van der Waals surface area contributed by atoms with Gasteiger partial charge in [-0.3, -0.25) is 0 Å². The third kappa shape index (κ3) is 8.50. The second-order valence-electron chi connectivity index (χ2n) is 7.67. The normalized spacial score (nSPS) is 26.0. The second kappa shape index (κ2) is 11.4. The molecule has 1 aliphatic rings. The Morgan fingerprint density at radius 2 is 1.64 bits per heavy atom. The molecule has 0 radical (unpaired) electrons. The number of ether oxygens (including phenoxy) is 3. The molecule has 132 valence electrons. The van der Waals surface area contributed by atoms with Crippen LogP contribution in [0.4, 0.5) is 0 Å². The molecule has 0 amide bonds. The highest BCUT2D eigenvalue weighted by molar-refractivity contribution is 4.81. The lowest BCUT2D eigenvalue weighted by atomic mass is 9.75. The molecule has 3 atom stereocenters. The van der Waals surface area contributed by atoms with Crippen LogP contribution in [0.5, 0.6) is 0 Å². The van der Waals surface area contributed by atoms with Gasteiger partial charge in [0.2, 0.25) is 0 Å². The molecular weight excluding hydrogens is 276 g/mol. The van der Waals surface area contributed by atoms with Gasteiger partial charge < -0.3 is 14.2 Å². The molecule has 1 rings (SSSR count). The van der Waals surface area contributed by atoms with E-state index in [1.54, 1.807) is 0 Å². The third-order valence-electron chi connectivity index (χ3n) is 4.55. The fourth-order valence-corrected chi connectivity index (χ4v) is 3.24. The Bertz CT molecular complexity index is 265. The molecule has 1 fully saturated rings. The van der Waals surface area contributed by atoms with Gasteiger partial charge in [-0.25, -0.2) is 0 Å². The zero-order valence-electron chi connectivity index (χ0n) is 15.5. The Morgan fingerprint density at radius 1 is 0.909 bits per heavy atom. The lowest BCUT2D eigenvalue weighted by Crippen LogP contribution is -2.34. The molecule has 22 heavy (non-hydrogen) atoms. The molecule has 1 saturated carbocycles. The summed E-state index contributed by atoms with van der Waals surface area (Å²) in [4.78, 5) is 0. The average Bonchev–Trinajstić information content (AvgIpc) is 2.45. The quantitative estimate of drug-likeness (QED) is 0.524. The molecule has 0 aromatic rings. The summed E-state index contributed by atoms with van der Waals surface area (Å²) in [5, 5.41) is 0. The van der Waals surface area contributed by atoms with Crippen LogP contribution in [-0.4, -0.2) is 39.1 Å². The van der Waals surface area contributed by atoms with Crippen molar-refractivity contribution in [3.05, 3.63) is 0 Å². The second-order valence-corrected chi connectivity index (χ2v) is 7.67. The van der Waals surface area contributed by atoms with Crippen LogP contribution in [0.3, 0.4) is 0 Å². The highest BCUT2D eigenvalue weighted by Gasteiger charge is 2.31. The Balaban J connectivity index is 2.03. The van der Waals surface area contributed by atoms with Gasteiger partial charge in [-0.1, -0.05) is 41.0 Å². The maximum atomic E-state index is 6.18. The summed E-state index contributed by atoms with van der Waals surface area (Å²) < 4.78 is 17.3. The van der Waals surface area contributed by atoms with Crippen LogP contribution in [0.15, 0.2) is 0 Å². The van der Waals surface area contributed by atoms with Gasteiger partial charge in [-0.15, -0.1) is 0 Å². The fraction of sp³-hybridized carbons (Fsp3) is 1.00.